The summed E-state index contributed by atoms with van der Waals surface area (Å²) < 4.78 is 0. The van der Waals surface area contributed by atoms with Crippen LogP contribution in [0.4, 0.5) is 0 Å². The van der Waals surface area contributed by atoms with E-state index in [-0.39, 0.29) is 0 Å². The molecule has 0 aromatic rings. The summed E-state index contributed by atoms with van der Waals surface area (Å²) in [6.45, 7) is 17.0. The number of hydrogen-bond acceptors (Lipinski definition) is 0. The van der Waals surface area contributed by atoms with Crippen LogP contribution in [0.25, 0.3) is 0 Å². The van der Waals surface area contributed by atoms with Crippen molar-refractivity contribution in [3.8, 4) is 0 Å². The summed E-state index contributed by atoms with van der Waals surface area (Å²) in [5, 5.41) is 0. The van der Waals surface area contributed by atoms with Crippen molar-refractivity contribution in [2.24, 2.45) is 23.2 Å². The van der Waals surface area contributed by atoms with Gasteiger partial charge in [0, 0.05) is 0 Å². The van der Waals surface area contributed by atoms with Gasteiger partial charge in [-0.3, -0.25) is 0 Å². The summed E-state index contributed by atoms with van der Waals surface area (Å²) in [7, 11) is 0. The van der Waals surface area contributed by atoms with E-state index in [1.165, 1.54) is 57.8 Å². The van der Waals surface area contributed by atoms with Gasteiger partial charge >= 0.3 is 0 Å². The lowest BCUT2D eigenvalue weighted by atomic mass is 9.62. The van der Waals surface area contributed by atoms with Crippen molar-refractivity contribution >= 4 is 0 Å². The molecule has 0 rings (SSSR count). The summed E-state index contributed by atoms with van der Waals surface area (Å²) >= 11 is 0. The van der Waals surface area contributed by atoms with E-state index in [1.807, 2.05) is 0 Å². The lowest BCUT2D eigenvalue weighted by molar-refractivity contribution is 0.0579. The molecule has 0 aliphatic heterocycles. The highest BCUT2D eigenvalue weighted by Gasteiger charge is 2.37. The first-order valence-electron chi connectivity index (χ1n) is 9.45. The van der Waals surface area contributed by atoms with Crippen LogP contribution >= 0.6 is 0 Å². The molecular formula is C20H42. The van der Waals surface area contributed by atoms with Crippen LogP contribution < -0.4 is 0 Å². The zero-order chi connectivity index (χ0) is 15.6. The highest BCUT2D eigenvalue weighted by molar-refractivity contribution is 4.86. The molecule has 0 bridgehead atoms. The van der Waals surface area contributed by atoms with Gasteiger partial charge in [-0.25, -0.2) is 0 Å². The molecule has 0 amide bonds. The molecule has 0 nitrogen and oxygen atoms in total. The molecule has 3 unspecified atom stereocenters. The lowest BCUT2D eigenvalue weighted by Gasteiger charge is -2.44. The summed E-state index contributed by atoms with van der Waals surface area (Å²) in [5.41, 5.74) is 0.496. The highest BCUT2D eigenvalue weighted by Crippen LogP contribution is 2.45. The van der Waals surface area contributed by atoms with Crippen LogP contribution in [-0.4, -0.2) is 0 Å². The first-order chi connectivity index (χ1) is 9.45. The molecule has 0 saturated carbocycles. The Bertz CT molecular complexity index is 216. The fraction of sp³-hybridized carbons (Fsp3) is 1.00. The van der Waals surface area contributed by atoms with Gasteiger partial charge in [0.1, 0.15) is 0 Å². The first kappa shape index (κ1) is 20.0. The van der Waals surface area contributed by atoms with Crippen molar-refractivity contribution in [2.45, 2.75) is 106 Å². The second-order valence-electron chi connectivity index (χ2n) is 7.54. The van der Waals surface area contributed by atoms with Gasteiger partial charge in [0.15, 0.2) is 0 Å². The molecule has 0 aromatic heterocycles. The van der Waals surface area contributed by atoms with Gasteiger partial charge in [0.25, 0.3) is 0 Å². The van der Waals surface area contributed by atoms with Crippen LogP contribution in [0.3, 0.4) is 0 Å². The van der Waals surface area contributed by atoms with Gasteiger partial charge < -0.3 is 0 Å². The third-order valence-corrected chi connectivity index (χ3v) is 5.96. The SMILES string of the molecule is CCCCCCC(CC)C(CCC)C(C)(C)C(C)CC. The predicted molar refractivity (Wildman–Crippen MR) is 94.2 cm³/mol. The molecule has 0 aliphatic carbocycles. The monoisotopic (exact) mass is 282 g/mol. The van der Waals surface area contributed by atoms with Gasteiger partial charge in [-0.05, 0) is 29.6 Å². The molecule has 0 saturated heterocycles. The normalized spacial score (nSPS) is 16.9. The molecule has 3 atom stereocenters. The minimum Gasteiger partial charge on any atom is -0.0654 e. The van der Waals surface area contributed by atoms with E-state index in [9.17, 15) is 0 Å². The largest absolute Gasteiger partial charge is 0.0654 e. The van der Waals surface area contributed by atoms with Crippen molar-refractivity contribution in [3.63, 3.8) is 0 Å². The number of rotatable bonds is 12. The Labute approximate surface area is 130 Å². The fourth-order valence-corrected chi connectivity index (χ4v) is 3.94. The summed E-state index contributed by atoms with van der Waals surface area (Å²) in [4.78, 5) is 0. The van der Waals surface area contributed by atoms with Crippen molar-refractivity contribution in [3.05, 3.63) is 0 Å². The van der Waals surface area contributed by atoms with Gasteiger partial charge in [-0.1, -0.05) is 99.8 Å². The van der Waals surface area contributed by atoms with E-state index in [4.69, 9.17) is 0 Å². The van der Waals surface area contributed by atoms with Crippen LogP contribution in [0.2, 0.25) is 0 Å². The van der Waals surface area contributed by atoms with Gasteiger partial charge in [0.05, 0.1) is 0 Å². The zero-order valence-electron chi connectivity index (χ0n) is 15.6. The number of unbranched alkanes of at least 4 members (excludes halogenated alkanes) is 3. The van der Waals surface area contributed by atoms with Crippen molar-refractivity contribution in [1.82, 2.24) is 0 Å². The van der Waals surface area contributed by atoms with E-state index in [0.717, 1.165) is 17.8 Å². The van der Waals surface area contributed by atoms with Crippen LogP contribution in [0.15, 0.2) is 0 Å². The Balaban J connectivity index is 4.73. The van der Waals surface area contributed by atoms with E-state index in [2.05, 4.69) is 48.5 Å². The van der Waals surface area contributed by atoms with E-state index in [0.29, 0.717) is 5.41 Å². The molecule has 0 spiro atoms. The summed E-state index contributed by atoms with van der Waals surface area (Å²) in [6.07, 6.45) is 12.6. The summed E-state index contributed by atoms with van der Waals surface area (Å²) in [5.74, 6) is 2.69. The third kappa shape index (κ3) is 6.19. The fourth-order valence-electron chi connectivity index (χ4n) is 3.94. The molecule has 0 heterocycles. The molecule has 0 fully saturated rings. The van der Waals surface area contributed by atoms with Gasteiger partial charge in [0.2, 0.25) is 0 Å². The van der Waals surface area contributed by atoms with Crippen molar-refractivity contribution in [2.75, 3.05) is 0 Å². The Morgan fingerprint density at radius 2 is 1.40 bits per heavy atom. The molecule has 0 heteroatoms. The van der Waals surface area contributed by atoms with E-state index < -0.39 is 0 Å². The van der Waals surface area contributed by atoms with E-state index in [1.54, 1.807) is 0 Å². The molecule has 0 N–H and O–H groups in total. The topological polar surface area (TPSA) is 0 Å². The minimum atomic E-state index is 0.496. The van der Waals surface area contributed by atoms with Gasteiger partial charge in [-0.15, -0.1) is 0 Å². The quantitative estimate of drug-likeness (QED) is 0.326. The maximum atomic E-state index is 2.54. The van der Waals surface area contributed by atoms with Crippen LogP contribution in [-0.2, 0) is 0 Å². The minimum absolute atomic E-state index is 0.496. The van der Waals surface area contributed by atoms with Gasteiger partial charge in [-0.2, -0.15) is 0 Å². The second kappa shape index (κ2) is 10.7. The Kier molecular flexibility index (Phi) is 10.7. The smallest absolute Gasteiger partial charge is 0.0298 e. The number of hydrogen-bond donors (Lipinski definition) is 0. The van der Waals surface area contributed by atoms with Crippen molar-refractivity contribution in [1.29, 1.82) is 0 Å². The summed E-state index contributed by atoms with van der Waals surface area (Å²) in [6, 6.07) is 0. The zero-order valence-corrected chi connectivity index (χ0v) is 15.6. The highest BCUT2D eigenvalue weighted by atomic mass is 14.4. The molecule has 0 aliphatic rings. The first-order valence-corrected chi connectivity index (χ1v) is 9.45. The Morgan fingerprint density at radius 1 is 0.750 bits per heavy atom. The average Bonchev–Trinajstić information content (AvgIpc) is 2.44. The molecular weight excluding hydrogens is 240 g/mol. The third-order valence-electron chi connectivity index (χ3n) is 5.96. The van der Waals surface area contributed by atoms with Crippen molar-refractivity contribution < 1.29 is 0 Å². The molecule has 0 radical (unpaired) electrons. The van der Waals surface area contributed by atoms with Crippen LogP contribution in [0, 0.1) is 23.2 Å². The molecule has 0 aromatic carbocycles. The van der Waals surface area contributed by atoms with Crippen LogP contribution in [0.5, 0.6) is 0 Å². The van der Waals surface area contributed by atoms with E-state index >= 15 is 0 Å². The maximum Gasteiger partial charge on any atom is -0.0298 e. The lowest BCUT2D eigenvalue weighted by Crippen LogP contribution is -2.35. The Morgan fingerprint density at radius 3 is 1.85 bits per heavy atom. The average molecular weight is 283 g/mol. The van der Waals surface area contributed by atoms with Crippen LogP contribution in [0.1, 0.15) is 106 Å². The second-order valence-corrected chi connectivity index (χ2v) is 7.54. The standard InChI is InChI=1S/C20H42/c1-8-12-13-14-16-18(11-4)19(15-9-2)20(6,7)17(5)10-3/h17-19H,8-16H2,1-7H3. The molecule has 20 heavy (non-hydrogen) atoms. The Hall–Kier alpha value is 0. The molecule has 122 valence electrons. The predicted octanol–water partition coefficient (Wildman–Crippen LogP) is 7.47. The maximum absolute atomic E-state index is 2.54.